The monoisotopic (exact) mass is 243 g/mol. The second kappa shape index (κ2) is 6.35. The van der Waals surface area contributed by atoms with Crippen LogP contribution in [0.2, 0.25) is 0 Å². The molecule has 2 N–H and O–H groups in total. The van der Waals surface area contributed by atoms with E-state index in [0.717, 1.165) is 13.1 Å². The molecule has 0 saturated heterocycles. The third-order valence-corrected chi connectivity index (χ3v) is 3.64. The van der Waals surface area contributed by atoms with Crippen LogP contribution < -0.4 is 0 Å². The molecular formula is C12H21NO2S. The summed E-state index contributed by atoms with van der Waals surface area (Å²) in [6, 6.07) is 4.16. The Morgan fingerprint density at radius 1 is 1.38 bits per heavy atom. The van der Waals surface area contributed by atoms with Crippen LogP contribution in [0.25, 0.3) is 0 Å². The number of aliphatic hydroxyl groups excluding tert-OH is 2. The first-order valence-electron chi connectivity index (χ1n) is 5.60. The van der Waals surface area contributed by atoms with Crippen molar-refractivity contribution in [1.82, 2.24) is 4.90 Å². The fraction of sp³-hybridized carbons (Fsp3) is 0.667. The number of thiophene rings is 1. The zero-order chi connectivity index (χ0) is 12.0. The van der Waals surface area contributed by atoms with Gasteiger partial charge in [0, 0.05) is 23.4 Å². The number of nitrogens with zero attached hydrogens (tertiary/aromatic N) is 1. The Kier molecular flexibility index (Phi) is 5.41. The third kappa shape index (κ3) is 3.87. The molecule has 4 heteroatoms. The predicted octanol–water partition coefficient (Wildman–Crippen LogP) is 1.56. The van der Waals surface area contributed by atoms with Gasteiger partial charge in [0.15, 0.2) is 0 Å². The highest BCUT2D eigenvalue weighted by molar-refractivity contribution is 7.09. The van der Waals surface area contributed by atoms with Gasteiger partial charge < -0.3 is 10.2 Å². The molecule has 0 bridgehead atoms. The van der Waals surface area contributed by atoms with Crippen LogP contribution in [-0.2, 0) is 6.54 Å². The van der Waals surface area contributed by atoms with E-state index >= 15 is 0 Å². The van der Waals surface area contributed by atoms with Gasteiger partial charge in [-0.25, -0.2) is 0 Å². The first kappa shape index (κ1) is 13.6. The van der Waals surface area contributed by atoms with Crippen LogP contribution in [0.3, 0.4) is 0 Å². The van der Waals surface area contributed by atoms with Crippen molar-refractivity contribution in [3.05, 3.63) is 22.4 Å². The van der Waals surface area contributed by atoms with Crippen LogP contribution in [0.4, 0.5) is 0 Å². The Hall–Kier alpha value is -0.420. The molecule has 0 atom stereocenters. The molecule has 0 saturated carbocycles. The van der Waals surface area contributed by atoms with Gasteiger partial charge in [-0.1, -0.05) is 19.9 Å². The quantitative estimate of drug-likeness (QED) is 0.764. The minimum atomic E-state index is -0.409. The normalized spacial score (nSPS) is 12.3. The minimum absolute atomic E-state index is 0.0183. The summed E-state index contributed by atoms with van der Waals surface area (Å²) in [5.74, 6) is 0. The molecule has 1 aromatic rings. The second-order valence-corrected chi connectivity index (χ2v) is 5.54. The summed E-state index contributed by atoms with van der Waals surface area (Å²) in [6.45, 7) is 6.58. The first-order chi connectivity index (χ1) is 7.63. The van der Waals surface area contributed by atoms with E-state index in [9.17, 15) is 10.2 Å². The van der Waals surface area contributed by atoms with Crippen molar-refractivity contribution in [3.8, 4) is 0 Å². The van der Waals surface area contributed by atoms with Crippen LogP contribution in [0.5, 0.6) is 0 Å². The first-order valence-corrected chi connectivity index (χ1v) is 6.48. The number of hydrogen-bond acceptors (Lipinski definition) is 4. The molecule has 0 aromatic carbocycles. The fourth-order valence-electron chi connectivity index (χ4n) is 1.59. The molecule has 16 heavy (non-hydrogen) atoms. The van der Waals surface area contributed by atoms with Crippen LogP contribution in [0.15, 0.2) is 17.5 Å². The van der Waals surface area contributed by atoms with Crippen molar-refractivity contribution in [3.63, 3.8) is 0 Å². The maximum absolute atomic E-state index is 9.27. The summed E-state index contributed by atoms with van der Waals surface area (Å²) in [6.07, 6.45) is 0. The predicted molar refractivity (Wildman–Crippen MR) is 67.5 cm³/mol. The number of hydrogen-bond donors (Lipinski definition) is 2. The summed E-state index contributed by atoms with van der Waals surface area (Å²) in [5.41, 5.74) is -0.409. The van der Waals surface area contributed by atoms with E-state index < -0.39 is 5.41 Å². The van der Waals surface area contributed by atoms with Crippen molar-refractivity contribution in [2.75, 3.05) is 26.3 Å². The molecule has 0 aliphatic rings. The molecule has 0 unspecified atom stereocenters. The van der Waals surface area contributed by atoms with E-state index in [-0.39, 0.29) is 13.2 Å². The van der Waals surface area contributed by atoms with Gasteiger partial charge in [-0.15, -0.1) is 11.3 Å². The Bertz CT molecular complexity index is 283. The van der Waals surface area contributed by atoms with Gasteiger partial charge >= 0.3 is 0 Å². The van der Waals surface area contributed by atoms with Gasteiger partial charge in [-0.3, -0.25) is 4.90 Å². The lowest BCUT2D eigenvalue weighted by molar-refractivity contribution is 0.0345. The van der Waals surface area contributed by atoms with E-state index in [1.54, 1.807) is 11.3 Å². The van der Waals surface area contributed by atoms with E-state index in [2.05, 4.69) is 23.3 Å². The molecule has 0 spiro atoms. The Balaban J connectivity index is 2.55. The lowest BCUT2D eigenvalue weighted by Crippen LogP contribution is -2.40. The molecule has 0 aliphatic carbocycles. The molecule has 3 nitrogen and oxygen atoms in total. The van der Waals surface area contributed by atoms with Gasteiger partial charge in [-0.05, 0) is 18.0 Å². The highest BCUT2D eigenvalue weighted by atomic mass is 32.1. The highest BCUT2D eigenvalue weighted by Gasteiger charge is 2.25. The zero-order valence-corrected chi connectivity index (χ0v) is 10.8. The van der Waals surface area contributed by atoms with E-state index in [1.807, 2.05) is 13.0 Å². The number of rotatable bonds is 7. The topological polar surface area (TPSA) is 43.7 Å². The Morgan fingerprint density at radius 2 is 2.06 bits per heavy atom. The zero-order valence-electron chi connectivity index (χ0n) is 10.0. The Morgan fingerprint density at radius 3 is 2.50 bits per heavy atom. The van der Waals surface area contributed by atoms with Crippen molar-refractivity contribution < 1.29 is 10.2 Å². The summed E-state index contributed by atoms with van der Waals surface area (Å²) in [7, 11) is 0. The van der Waals surface area contributed by atoms with Gasteiger partial charge in [0.05, 0.1) is 13.2 Å². The molecule has 0 aliphatic heterocycles. The fourth-order valence-corrected chi connectivity index (χ4v) is 2.34. The standard InChI is InChI=1S/C12H21NO2S/c1-3-13(7-11-5-4-6-16-11)8-12(2,9-14)10-15/h4-6,14-15H,3,7-10H2,1-2H3. The van der Waals surface area contributed by atoms with Crippen molar-refractivity contribution in [2.45, 2.75) is 20.4 Å². The SMILES string of the molecule is CCN(Cc1cccs1)CC(C)(CO)CO. The maximum Gasteiger partial charge on any atom is 0.0519 e. The average molecular weight is 243 g/mol. The van der Waals surface area contributed by atoms with Crippen molar-refractivity contribution >= 4 is 11.3 Å². The second-order valence-electron chi connectivity index (χ2n) is 4.51. The summed E-state index contributed by atoms with van der Waals surface area (Å²) in [5, 5.41) is 20.6. The van der Waals surface area contributed by atoms with E-state index in [0.29, 0.717) is 6.54 Å². The van der Waals surface area contributed by atoms with Gasteiger partial charge in [0.2, 0.25) is 0 Å². The molecule has 92 valence electrons. The molecule has 0 fully saturated rings. The molecular weight excluding hydrogens is 222 g/mol. The van der Waals surface area contributed by atoms with Crippen LogP contribution in [-0.4, -0.2) is 41.4 Å². The molecule has 1 rings (SSSR count). The largest absolute Gasteiger partial charge is 0.396 e. The van der Waals surface area contributed by atoms with Crippen LogP contribution in [0, 0.1) is 5.41 Å². The van der Waals surface area contributed by atoms with Crippen LogP contribution in [0.1, 0.15) is 18.7 Å². The molecule has 1 heterocycles. The summed E-state index contributed by atoms with van der Waals surface area (Å²) < 4.78 is 0. The summed E-state index contributed by atoms with van der Waals surface area (Å²) >= 11 is 1.74. The maximum atomic E-state index is 9.27. The van der Waals surface area contributed by atoms with Crippen molar-refractivity contribution in [2.24, 2.45) is 5.41 Å². The van der Waals surface area contributed by atoms with Gasteiger partial charge in [0.1, 0.15) is 0 Å². The molecule has 0 amide bonds. The third-order valence-electron chi connectivity index (χ3n) is 2.78. The lowest BCUT2D eigenvalue weighted by Gasteiger charge is -2.31. The van der Waals surface area contributed by atoms with E-state index in [1.165, 1.54) is 4.88 Å². The average Bonchev–Trinajstić information content (AvgIpc) is 2.80. The smallest absolute Gasteiger partial charge is 0.0519 e. The Labute approximate surface area is 101 Å². The molecule has 1 aromatic heterocycles. The highest BCUT2D eigenvalue weighted by Crippen LogP contribution is 2.19. The lowest BCUT2D eigenvalue weighted by atomic mass is 9.92. The van der Waals surface area contributed by atoms with Gasteiger partial charge in [0.25, 0.3) is 0 Å². The summed E-state index contributed by atoms with van der Waals surface area (Å²) in [4.78, 5) is 3.57. The minimum Gasteiger partial charge on any atom is -0.396 e. The number of aliphatic hydroxyl groups is 2. The van der Waals surface area contributed by atoms with E-state index in [4.69, 9.17) is 0 Å². The van der Waals surface area contributed by atoms with Gasteiger partial charge in [-0.2, -0.15) is 0 Å². The van der Waals surface area contributed by atoms with Crippen molar-refractivity contribution in [1.29, 1.82) is 0 Å². The molecule has 0 radical (unpaired) electrons. The van der Waals surface area contributed by atoms with Crippen LogP contribution >= 0.6 is 11.3 Å².